The highest BCUT2D eigenvalue weighted by Crippen LogP contribution is 2.31. The summed E-state index contributed by atoms with van der Waals surface area (Å²) in [6.45, 7) is 1.96. The summed E-state index contributed by atoms with van der Waals surface area (Å²) in [4.78, 5) is -0.380. The monoisotopic (exact) mass is 452 g/mol. The van der Waals surface area contributed by atoms with Crippen LogP contribution in [0.15, 0.2) is 46.2 Å². The molecule has 1 N–H and O–H groups in total. The Balaban J connectivity index is 2.52. The maximum atomic E-state index is 12.6. The van der Waals surface area contributed by atoms with Gasteiger partial charge in [0, 0.05) is 19.1 Å². The fraction of sp³-hybridized carbons (Fsp3) is 0.250. The van der Waals surface area contributed by atoms with Gasteiger partial charge in [-0.15, -0.1) is 0 Å². The lowest BCUT2D eigenvalue weighted by Gasteiger charge is -2.17. The third kappa shape index (κ3) is 4.85. The summed E-state index contributed by atoms with van der Waals surface area (Å²) >= 11 is 11.8. The minimum atomic E-state index is -4.09. The molecule has 0 aliphatic rings. The molecule has 0 unspecified atom stereocenters. The normalized spacial score (nSPS) is 12.2. The van der Waals surface area contributed by atoms with Crippen LogP contribution in [0.3, 0.4) is 0 Å². The van der Waals surface area contributed by atoms with Gasteiger partial charge in [-0.1, -0.05) is 23.2 Å². The molecule has 2 rings (SSSR count). The van der Waals surface area contributed by atoms with E-state index in [1.165, 1.54) is 50.5 Å². The van der Waals surface area contributed by atoms with E-state index in [-0.39, 0.29) is 37.9 Å². The smallest absolute Gasteiger partial charge is 0.263 e. The van der Waals surface area contributed by atoms with Crippen LogP contribution in [0.4, 0.5) is 5.69 Å². The van der Waals surface area contributed by atoms with Gasteiger partial charge in [-0.3, -0.25) is 4.72 Å². The second-order valence-corrected chi connectivity index (χ2v) is 10.2. The molecule has 0 atom stereocenters. The molecule has 0 aliphatic carbocycles. The van der Waals surface area contributed by atoms with E-state index in [0.717, 1.165) is 4.31 Å². The van der Waals surface area contributed by atoms with E-state index < -0.39 is 20.0 Å². The molecule has 0 amide bonds. The summed E-state index contributed by atoms with van der Waals surface area (Å²) in [6, 6.07) is 8.00. The van der Waals surface area contributed by atoms with Crippen LogP contribution in [0.5, 0.6) is 5.75 Å². The number of hydrogen-bond acceptors (Lipinski definition) is 5. The third-order valence-corrected chi connectivity index (χ3v) is 7.37. The van der Waals surface area contributed by atoms with Crippen molar-refractivity contribution in [3.05, 3.63) is 46.4 Å². The van der Waals surface area contributed by atoms with Gasteiger partial charge in [0.15, 0.2) is 0 Å². The zero-order valence-electron chi connectivity index (χ0n) is 14.7. The quantitative estimate of drug-likeness (QED) is 0.694. The van der Waals surface area contributed by atoms with Crippen molar-refractivity contribution in [3.63, 3.8) is 0 Å². The van der Waals surface area contributed by atoms with Gasteiger partial charge in [-0.05, 0) is 43.3 Å². The van der Waals surface area contributed by atoms with Crippen LogP contribution in [0.1, 0.15) is 6.92 Å². The van der Waals surface area contributed by atoms with Gasteiger partial charge < -0.3 is 4.74 Å². The molecule has 11 heteroatoms. The third-order valence-electron chi connectivity index (χ3n) is 3.44. The Kier molecular flexibility index (Phi) is 6.64. The maximum absolute atomic E-state index is 12.6. The molecule has 0 saturated heterocycles. The molecule has 27 heavy (non-hydrogen) atoms. The average molecular weight is 453 g/mol. The van der Waals surface area contributed by atoms with E-state index >= 15 is 0 Å². The SMILES string of the molecule is CCOc1ccc(NS(=O)(=O)c2cc(Cl)ccc2Cl)cc1S(=O)(=O)N(C)C. The highest BCUT2D eigenvalue weighted by molar-refractivity contribution is 7.93. The summed E-state index contributed by atoms with van der Waals surface area (Å²) in [6.07, 6.45) is 0. The minimum Gasteiger partial charge on any atom is -0.492 e. The van der Waals surface area contributed by atoms with Crippen molar-refractivity contribution in [2.24, 2.45) is 0 Å². The van der Waals surface area contributed by atoms with Crippen LogP contribution in [0.2, 0.25) is 10.0 Å². The second kappa shape index (κ2) is 8.24. The molecule has 0 fully saturated rings. The van der Waals surface area contributed by atoms with Crippen molar-refractivity contribution in [3.8, 4) is 5.75 Å². The number of anilines is 1. The predicted molar refractivity (Wildman–Crippen MR) is 106 cm³/mol. The summed E-state index contributed by atoms with van der Waals surface area (Å²) in [5, 5.41) is 0.182. The van der Waals surface area contributed by atoms with Gasteiger partial charge in [0.1, 0.15) is 15.5 Å². The Bertz CT molecular complexity index is 1050. The second-order valence-electron chi connectivity index (χ2n) is 5.56. The number of sulfonamides is 2. The molecule has 7 nitrogen and oxygen atoms in total. The standard InChI is InChI=1S/C16H18Cl2N2O5S2/c1-4-25-14-8-6-12(10-16(14)27(23,24)20(2)3)19-26(21,22)15-9-11(17)5-7-13(15)18/h5-10,19H,4H2,1-3H3. The molecular formula is C16H18Cl2N2O5S2. The Morgan fingerprint density at radius 3 is 2.26 bits per heavy atom. The number of nitrogens with zero attached hydrogens (tertiary/aromatic N) is 1. The zero-order valence-corrected chi connectivity index (χ0v) is 17.9. The number of halogens is 2. The Labute approximate surface area is 168 Å². The molecular weight excluding hydrogens is 435 g/mol. The molecule has 0 bridgehead atoms. The number of ether oxygens (including phenoxy) is 1. The Morgan fingerprint density at radius 1 is 1.00 bits per heavy atom. The molecule has 0 spiro atoms. The van der Waals surface area contributed by atoms with Crippen molar-refractivity contribution >= 4 is 48.9 Å². The first-order chi connectivity index (χ1) is 12.5. The fourth-order valence-electron chi connectivity index (χ4n) is 2.14. The van der Waals surface area contributed by atoms with E-state index in [1.807, 2.05) is 0 Å². The van der Waals surface area contributed by atoms with Crippen LogP contribution in [-0.4, -0.2) is 41.8 Å². The number of benzene rings is 2. The summed E-state index contributed by atoms with van der Waals surface area (Å²) in [5.74, 6) is 0.120. The first kappa shape index (κ1) is 21.8. The van der Waals surface area contributed by atoms with Gasteiger partial charge in [-0.25, -0.2) is 21.1 Å². The van der Waals surface area contributed by atoms with Crippen molar-refractivity contribution in [1.29, 1.82) is 0 Å². The summed E-state index contributed by atoms with van der Waals surface area (Å²) < 4.78 is 59.0. The van der Waals surface area contributed by atoms with E-state index in [0.29, 0.717) is 0 Å². The number of hydrogen-bond donors (Lipinski definition) is 1. The Morgan fingerprint density at radius 2 is 1.67 bits per heavy atom. The van der Waals surface area contributed by atoms with Gasteiger partial charge in [0.25, 0.3) is 10.0 Å². The zero-order chi connectivity index (χ0) is 20.4. The van der Waals surface area contributed by atoms with Gasteiger partial charge in [-0.2, -0.15) is 0 Å². The average Bonchev–Trinajstić information content (AvgIpc) is 2.58. The van der Waals surface area contributed by atoms with Crippen LogP contribution in [-0.2, 0) is 20.0 Å². The first-order valence-electron chi connectivity index (χ1n) is 7.66. The summed E-state index contributed by atoms with van der Waals surface area (Å²) in [5.41, 5.74) is 0.0370. The lowest BCUT2D eigenvalue weighted by atomic mass is 10.3. The van der Waals surface area contributed by atoms with E-state index in [2.05, 4.69) is 4.72 Å². The predicted octanol–water partition coefficient (Wildman–Crippen LogP) is 3.44. The first-order valence-corrected chi connectivity index (χ1v) is 11.3. The van der Waals surface area contributed by atoms with Gasteiger partial charge in [0.05, 0.1) is 17.3 Å². The van der Waals surface area contributed by atoms with Crippen LogP contribution < -0.4 is 9.46 Å². The molecule has 0 heterocycles. The van der Waals surface area contributed by atoms with Crippen molar-refractivity contribution in [2.45, 2.75) is 16.7 Å². The van der Waals surface area contributed by atoms with E-state index in [1.54, 1.807) is 6.92 Å². The molecule has 0 aliphatic heterocycles. The lowest BCUT2D eigenvalue weighted by Crippen LogP contribution is -2.23. The molecule has 2 aromatic rings. The van der Waals surface area contributed by atoms with Crippen molar-refractivity contribution in [1.82, 2.24) is 4.31 Å². The molecule has 0 aromatic heterocycles. The largest absolute Gasteiger partial charge is 0.492 e. The minimum absolute atomic E-state index is 0.0148. The van der Waals surface area contributed by atoms with Gasteiger partial charge in [0.2, 0.25) is 10.0 Å². The van der Waals surface area contributed by atoms with Crippen molar-refractivity contribution < 1.29 is 21.6 Å². The maximum Gasteiger partial charge on any atom is 0.263 e. The molecule has 0 saturated carbocycles. The Hall–Kier alpha value is -1.52. The topological polar surface area (TPSA) is 92.8 Å². The van der Waals surface area contributed by atoms with E-state index in [9.17, 15) is 16.8 Å². The fourth-order valence-corrected chi connectivity index (χ4v) is 5.00. The molecule has 0 radical (unpaired) electrons. The van der Waals surface area contributed by atoms with Crippen LogP contribution in [0.25, 0.3) is 0 Å². The van der Waals surface area contributed by atoms with Crippen LogP contribution >= 0.6 is 23.2 Å². The molecule has 148 valence electrons. The number of rotatable bonds is 7. The number of nitrogens with one attached hydrogen (secondary N) is 1. The van der Waals surface area contributed by atoms with Crippen molar-refractivity contribution in [2.75, 3.05) is 25.4 Å². The van der Waals surface area contributed by atoms with E-state index in [4.69, 9.17) is 27.9 Å². The van der Waals surface area contributed by atoms with Crippen LogP contribution in [0, 0.1) is 0 Å². The van der Waals surface area contributed by atoms with Gasteiger partial charge >= 0.3 is 0 Å². The summed E-state index contributed by atoms with van der Waals surface area (Å²) in [7, 11) is -5.21. The highest BCUT2D eigenvalue weighted by Gasteiger charge is 2.25. The molecule has 2 aromatic carbocycles. The lowest BCUT2D eigenvalue weighted by molar-refractivity contribution is 0.330. The highest BCUT2D eigenvalue weighted by atomic mass is 35.5.